The third-order valence-electron chi connectivity index (χ3n) is 2.73. The number of rotatable bonds is 5. The molecule has 108 valence electrons. The fourth-order valence-electron chi connectivity index (χ4n) is 1.67. The lowest BCUT2D eigenvalue weighted by Crippen LogP contribution is -2.04. The summed E-state index contributed by atoms with van der Waals surface area (Å²) in [4.78, 5) is 11.5. The first-order chi connectivity index (χ1) is 10.2. The van der Waals surface area contributed by atoms with Crippen molar-refractivity contribution in [3.8, 4) is 5.75 Å². The third-order valence-corrected chi connectivity index (χ3v) is 2.73. The van der Waals surface area contributed by atoms with Crippen molar-refractivity contribution >= 4 is 17.9 Å². The van der Waals surface area contributed by atoms with Crippen LogP contribution in [0.3, 0.4) is 0 Å². The number of aromatic hydroxyl groups is 1. The number of hydrogen-bond donors (Lipinski definition) is 2. The molecule has 0 amide bonds. The maximum Gasteiger partial charge on any atom is 0.338 e. The molecule has 0 unspecified atom stereocenters. The molecule has 0 bridgehead atoms. The number of carbonyl (C=O) groups excluding carboxylic acids is 1. The monoisotopic (exact) mass is 284 g/mol. The van der Waals surface area contributed by atoms with Crippen molar-refractivity contribution in [3.63, 3.8) is 0 Å². The Hall–Kier alpha value is -2.82. The first-order valence-corrected chi connectivity index (χ1v) is 6.55. The lowest BCUT2D eigenvalue weighted by atomic mass is 10.2. The van der Waals surface area contributed by atoms with Gasteiger partial charge in [-0.25, -0.2) is 4.79 Å². The second-order valence-electron chi connectivity index (χ2n) is 4.23. The van der Waals surface area contributed by atoms with E-state index >= 15 is 0 Å². The Morgan fingerprint density at radius 2 is 1.95 bits per heavy atom. The number of phenols is 1. The molecule has 2 aromatic carbocycles. The van der Waals surface area contributed by atoms with Gasteiger partial charge in [0.25, 0.3) is 0 Å². The molecule has 21 heavy (non-hydrogen) atoms. The average Bonchev–Trinajstić information content (AvgIpc) is 2.50. The van der Waals surface area contributed by atoms with Crippen LogP contribution >= 0.6 is 0 Å². The van der Waals surface area contributed by atoms with E-state index in [1.54, 1.807) is 49.4 Å². The second-order valence-corrected chi connectivity index (χ2v) is 4.23. The normalized spacial score (nSPS) is 10.5. The molecule has 2 N–H and O–H groups in total. The highest BCUT2D eigenvalue weighted by atomic mass is 16.5. The molecule has 0 aliphatic heterocycles. The lowest BCUT2D eigenvalue weighted by molar-refractivity contribution is 0.0526. The first-order valence-electron chi connectivity index (χ1n) is 6.55. The quantitative estimate of drug-likeness (QED) is 0.503. The zero-order valence-corrected chi connectivity index (χ0v) is 11.6. The van der Waals surface area contributed by atoms with Gasteiger partial charge in [-0.3, -0.25) is 5.43 Å². The predicted octanol–water partition coefficient (Wildman–Crippen LogP) is 3.01. The summed E-state index contributed by atoms with van der Waals surface area (Å²) in [5.74, 6) is -0.178. The number of nitrogens with one attached hydrogen (secondary N) is 1. The highest BCUT2D eigenvalue weighted by molar-refractivity contribution is 5.89. The maximum atomic E-state index is 11.5. The largest absolute Gasteiger partial charge is 0.507 e. The second kappa shape index (κ2) is 7.09. The first kappa shape index (κ1) is 14.6. The number of benzene rings is 2. The molecular weight excluding hydrogens is 268 g/mol. The van der Waals surface area contributed by atoms with Gasteiger partial charge in [-0.2, -0.15) is 5.10 Å². The fraction of sp³-hybridized carbons (Fsp3) is 0.125. The number of esters is 1. The zero-order chi connectivity index (χ0) is 15.1. The number of anilines is 1. The summed E-state index contributed by atoms with van der Waals surface area (Å²) in [6, 6.07) is 13.7. The van der Waals surface area contributed by atoms with Crippen LogP contribution in [0.5, 0.6) is 5.75 Å². The third kappa shape index (κ3) is 4.07. The van der Waals surface area contributed by atoms with Crippen molar-refractivity contribution in [1.82, 2.24) is 0 Å². The van der Waals surface area contributed by atoms with Gasteiger partial charge in [-0.15, -0.1) is 0 Å². The Balaban J connectivity index is 1.98. The Morgan fingerprint density at radius 3 is 2.62 bits per heavy atom. The van der Waals surface area contributed by atoms with E-state index < -0.39 is 0 Å². The number of hydrogen-bond acceptors (Lipinski definition) is 5. The molecule has 2 rings (SSSR count). The summed E-state index contributed by atoms with van der Waals surface area (Å²) in [6.07, 6.45) is 1.52. The van der Waals surface area contributed by atoms with Gasteiger partial charge in [-0.05, 0) is 43.3 Å². The van der Waals surface area contributed by atoms with E-state index in [0.717, 1.165) is 5.69 Å². The summed E-state index contributed by atoms with van der Waals surface area (Å²) < 4.78 is 4.90. The number of carbonyl (C=O) groups is 1. The van der Waals surface area contributed by atoms with E-state index in [0.29, 0.717) is 17.7 Å². The van der Waals surface area contributed by atoms with Crippen LogP contribution in [0.1, 0.15) is 22.8 Å². The van der Waals surface area contributed by atoms with Crippen molar-refractivity contribution in [2.24, 2.45) is 5.10 Å². The molecule has 0 aliphatic rings. The minimum absolute atomic E-state index is 0.167. The molecule has 0 spiro atoms. The number of hydrazone groups is 1. The van der Waals surface area contributed by atoms with Crippen molar-refractivity contribution < 1.29 is 14.6 Å². The summed E-state index contributed by atoms with van der Waals surface area (Å²) in [5, 5.41) is 13.6. The van der Waals surface area contributed by atoms with E-state index in [2.05, 4.69) is 10.5 Å². The average molecular weight is 284 g/mol. The summed E-state index contributed by atoms with van der Waals surface area (Å²) >= 11 is 0. The van der Waals surface area contributed by atoms with Gasteiger partial charge in [-0.1, -0.05) is 12.1 Å². The maximum absolute atomic E-state index is 11.5. The van der Waals surface area contributed by atoms with Crippen molar-refractivity contribution in [2.75, 3.05) is 12.0 Å². The van der Waals surface area contributed by atoms with Gasteiger partial charge in [0.05, 0.1) is 24.1 Å². The van der Waals surface area contributed by atoms with Crippen molar-refractivity contribution in [3.05, 3.63) is 59.7 Å². The van der Waals surface area contributed by atoms with Crippen LogP contribution in [0.25, 0.3) is 0 Å². The van der Waals surface area contributed by atoms with Gasteiger partial charge in [0.1, 0.15) is 5.75 Å². The Morgan fingerprint density at radius 1 is 1.24 bits per heavy atom. The van der Waals surface area contributed by atoms with Crippen LogP contribution in [0.15, 0.2) is 53.6 Å². The summed E-state index contributed by atoms with van der Waals surface area (Å²) in [7, 11) is 0. The molecule has 0 saturated heterocycles. The molecule has 0 fully saturated rings. The smallest absolute Gasteiger partial charge is 0.338 e. The van der Waals surface area contributed by atoms with Gasteiger partial charge in [0.2, 0.25) is 0 Å². The molecule has 0 saturated carbocycles. The Labute approximate surface area is 122 Å². The summed E-state index contributed by atoms with van der Waals surface area (Å²) in [5.41, 5.74) is 4.67. The molecular formula is C16H16N2O3. The van der Waals surface area contributed by atoms with Gasteiger partial charge < -0.3 is 9.84 Å². The van der Waals surface area contributed by atoms with Crippen molar-refractivity contribution in [1.29, 1.82) is 0 Å². The Kier molecular flexibility index (Phi) is 4.93. The van der Waals surface area contributed by atoms with E-state index in [1.807, 2.05) is 6.07 Å². The highest BCUT2D eigenvalue weighted by Gasteiger charge is 2.04. The van der Waals surface area contributed by atoms with Gasteiger partial charge in [0, 0.05) is 5.56 Å². The number of phenolic OH excluding ortho intramolecular Hbond substituents is 1. The molecule has 0 radical (unpaired) electrons. The van der Waals surface area contributed by atoms with Gasteiger partial charge in [0.15, 0.2) is 0 Å². The molecule has 2 aromatic rings. The SMILES string of the molecule is CCOC(=O)c1ccc(NN=Cc2ccccc2O)cc1. The van der Waals surface area contributed by atoms with Crippen LogP contribution in [0, 0.1) is 0 Å². The highest BCUT2D eigenvalue weighted by Crippen LogP contribution is 2.14. The molecule has 0 atom stereocenters. The summed E-state index contributed by atoms with van der Waals surface area (Å²) in [6.45, 7) is 2.12. The molecule has 0 heterocycles. The lowest BCUT2D eigenvalue weighted by Gasteiger charge is -2.03. The van der Waals surface area contributed by atoms with E-state index in [4.69, 9.17) is 4.74 Å². The topological polar surface area (TPSA) is 70.9 Å². The van der Waals surface area contributed by atoms with Gasteiger partial charge >= 0.3 is 5.97 Å². The van der Waals surface area contributed by atoms with Crippen LogP contribution < -0.4 is 5.43 Å². The standard InChI is InChI=1S/C16H16N2O3/c1-2-21-16(20)12-7-9-14(10-8-12)18-17-11-13-5-3-4-6-15(13)19/h3-11,18-19H,2H2,1H3. The minimum Gasteiger partial charge on any atom is -0.507 e. The number of nitrogens with zero attached hydrogens (tertiary/aromatic N) is 1. The molecule has 0 aromatic heterocycles. The number of para-hydroxylation sites is 1. The van der Waals surface area contributed by atoms with Crippen molar-refractivity contribution in [2.45, 2.75) is 6.92 Å². The molecule has 5 heteroatoms. The predicted molar refractivity (Wildman–Crippen MR) is 81.7 cm³/mol. The zero-order valence-electron chi connectivity index (χ0n) is 11.6. The van der Waals surface area contributed by atoms with Crippen LogP contribution in [-0.4, -0.2) is 23.9 Å². The van der Waals surface area contributed by atoms with E-state index in [-0.39, 0.29) is 11.7 Å². The minimum atomic E-state index is -0.346. The van der Waals surface area contributed by atoms with Crippen LogP contribution in [0.2, 0.25) is 0 Å². The molecule has 5 nitrogen and oxygen atoms in total. The fourth-order valence-corrected chi connectivity index (χ4v) is 1.67. The number of ether oxygens (including phenoxy) is 1. The van der Waals surface area contributed by atoms with E-state index in [9.17, 15) is 9.90 Å². The molecule has 0 aliphatic carbocycles. The van der Waals surface area contributed by atoms with Crippen LogP contribution in [0.4, 0.5) is 5.69 Å². The van der Waals surface area contributed by atoms with E-state index in [1.165, 1.54) is 6.21 Å². The van der Waals surface area contributed by atoms with Crippen LogP contribution in [-0.2, 0) is 4.74 Å². The Bertz CT molecular complexity index is 636.